The van der Waals surface area contributed by atoms with Crippen LogP contribution in [0.2, 0.25) is 0 Å². The summed E-state index contributed by atoms with van der Waals surface area (Å²) in [4.78, 5) is 10.8. The molecule has 0 radical (unpaired) electrons. The number of halogens is 3. The summed E-state index contributed by atoms with van der Waals surface area (Å²) in [5.74, 6) is -2.56. The Hall–Kier alpha value is -2.06. The number of benzene rings is 1. The lowest BCUT2D eigenvalue weighted by Crippen LogP contribution is -2.34. The Balaban J connectivity index is 1.63. The number of nitrogens with zero attached hydrogens (tertiary/aromatic N) is 3. The number of rotatable bonds is 7. The van der Waals surface area contributed by atoms with E-state index in [-0.39, 0.29) is 30.1 Å². The number of hydrogen-bond donors (Lipinski definition) is 1. The van der Waals surface area contributed by atoms with E-state index in [1.54, 1.807) is 18.5 Å². The number of thiol groups is 1. The summed E-state index contributed by atoms with van der Waals surface area (Å²) in [5.41, 5.74) is 0.947. The molecule has 8 heteroatoms. The Kier molecular flexibility index (Phi) is 6.38. The fourth-order valence-electron chi connectivity index (χ4n) is 3.04. The predicted molar refractivity (Wildman–Crippen MR) is 100 cm³/mol. The molecule has 0 amide bonds. The molecule has 1 aliphatic heterocycles. The lowest BCUT2D eigenvalue weighted by molar-refractivity contribution is 0.106. The number of allylic oxidation sites excluding steroid dienone is 1. The van der Waals surface area contributed by atoms with Crippen LogP contribution in [0.25, 0.3) is 0 Å². The van der Waals surface area contributed by atoms with Crippen molar-refractivity contribution in [2.24, 2.45) is 0 Å². The molecule has 2 atom stereocenters. The Labute approximate surface area is 161 Å². The second-order valence-corrected chi connectivity index (χ2v) is 7.18. The summed E-state index contributed by atoms with van der Waals surface area (Å²) in [5, 5.41) is 0.134. The predicted octanol–water partition coefficient (Wildman–Crippen LogP) is 3.72. The Morgan fingerprint density at radius 1 is 1.19 bits per heavy atom. The van der Waals surface area contributed by atoms with Crippen molar-refractivity contribution in [1.29, 1.82) is 0 Å². The van der Waals surface area contributed by atoms with E-state index < -0.39 is 17.5 Å². The van der Waals surface area contributed by atoms with Crippen LogP contribution in [0.3, 0.4) is 0 Å². The van der Waals surface area contributed by atoms with Crippen LogP contribution in [-0.4, -0.2) is 34.4 Å². The van der Waals surface area contributed by atoms with Crippen LogP contribution in [0.1, 0.15) is 17.5 Å². The number of ether oxygens (including phenoxy) is 1. The number of aromatic nitrogens is 2. The SMILES string of the molecule is C=CCc1cnc(N2CC(S)CC2COCc2cc(F)c(F)cc2F)nc1. The molecule has 0 spiro atoms. The van der Waals surface area contributed by atoms with Crippen molar-refractivity contribution >= 4 is 18.6 Å². The van der Waals surface area contributed by atoms with Gasteiger partial charge in [0.1, 0.15) is 5.82 Å². The van der Waals surface area contributed by atoms with Crippen LogP contribution in [0.4, 0.5) is 19.1 Å². The summed E-state index contributed by atoms with van der Waals surface area (Å²) in [6.07, 6.45) is 6.74. The topological polar surface area (TPSA) is 38.2 Å². The Morgan fingerprint density at radius 2 is 1.89 bits per heavy atom. The van der Waals surface area contributed by atoms with Crippen molar-refractivity contribution in [2.45, 2.75) is 30.7 Å². The highest BCUT2D eigenvalue weighted by Gasteiger charge is 2.32. The quantitative estimate of drug-likeness (QED) is 0.441. The van der Waals surface area contributed by atoms with Crippen LogP contribution in [-0.2, 0) is 17.8 Å². The zero-order valence-electron chi connectivity index (χ0n) is 14.6. The average Bonchev–Trinajstić information content (AvgIpc) is 3.01. The van der Waals surface area contributed by atoms with Crippen molar-refractivity contribution in [3.63, 3.8) is 0 Å². The molecule has 1 aromatic carbocycles. The highest BCUT2D eigenvalue weighted by atomic mass is 32.1. The maximum atomic E-state index is 13.7. The van der Waals surface area contributed by atoms with E-state index in [4.69, 9.17) is 4.74 Å². The van der Waals surface area contributed by atoms with Crippen LogP contribution in [0, 0.1) is 17.5 Å². The van der Waals surface area contributed by atoms with Crippen LogP contribution in [0.5, 0.6) is 0 Å². The van der Waals surface area contributed by atoms with E-state index in [2.05, 4.69) is 29.2 Å². The molecule has 1 saturated heterocycles. The molecule has 1 aromatic heterocycles. The monoisotopic (exact) mass is 395 g/mol. The first kappa shape index (κ1) is 19.7. The van der Waals surface area contributed by atoms with Gasteiger partial charge in [0.15, 0.2) is 11.6 Å². The van der Waals surface area contributed by atoms with Gasteiger partial charge in [-0.1, -0.05) is 6.08 Å². The van der Waals surface area contributed by atoms with Gasteiger partial charge < -0.3 is 9.64 Å². The van der Waals surface area contributed by atoms with Crippen LogP contribution in [0.15, 0.2) is 37.2 Å². The van der Waals surface area contributed by atoms with Crippen molar-refractivity contribution in [3.8, 4) is 0 Å². The molecular weight excluding hydrogens is 375 g/mol. The Morgan fingerprint density at radius 3 is 2.59 bits per heavy atom. The molecule has 0 N–H and O–H groups in total. The van der Waals surface area contributed by atoms with Gasteiger partial charge in [-0.05, 0) is 24.5 Å². The second-order valence-electron chi connectivity index (χ2n) is 6.45. The van der Waals surface area contributed by atoms with Crippen LogP contribution >= 0.6 is 12.6 Å². The van der Waals surface area contributed by atoms with Gasteiger partial charge in [0, 0.05) is 35.8 Å². The highest BCUT2D eigenvalue weighted by molar-refractivity contribution is 7.81. The summed E-state index contributed by atoms with van der Waals surface area (Å²) >= 11 is 4.53. The maximum Gasteiger partial charge on any atom is 0.225 e. The molecule has 3 rings (SSSR count). The molecule has 27 heavy (non-hydrogen) atoms. The fraction of sp³-hybridized carbons (Fsp3) is 0.368. The van der Waals surface area contributed by atoms with Gasteiger partial charge in [-0.2, -0.15) is 12.6 Å². The van der Waals surface area contributed by atoms with Crippen molar-refractivity contribution in [1.82, 2.24) is 9.97 Å². The second kappa shape index (κ2) is 8.75. The third-order valence-corrected chi connectivity index (χ3v) is 4.75. The third-order valence-electron chi connectivity index (χ3n) is 4.38. The van der Waals surface area contributed by atoms with Crippen LogP contribution < -0.4 is 4.90 Å². The molecule has 2 heterocycles. The van der Waals surface area contributed by atoms with E-state index in [0.29, 0.717) is 25.0 Å². The van der Waals surface area contributed by atoms with Gasteiger partial charge in [0.05, 0.1) is 19.3 Å². The van der Waals surface area contributed by atoms with Gasteiger partial charge in [0.25, 0.3) is 0 Å². The third kappa shape index (κ3) is 4.81. The number of anilines is 1. The molecule has 4 nitrogen and oxygen atoms in total. The van der Waals surface area contributed by atoms with Crippen molar-refractivity contribution in [2.75, 3.05) is 18.1 Å². The van der Waals surface area contributed by atoms with Crippen molar-refractivity contribution < 1.29 is 17.9 Å². The first-order valence-corrected chi connectivity index (χ1v) is 9.07. The molecule has 1 aliphatic rings. The lowest BCUT2D eigenvalue weighted by Gasteiger charge is -2.24. The van der Waals surface area contributed by atoms with E-state index >= 15 is 0 Å². The summed E-state index contributed by atoms with van der Waals surface area (Å²) in [6.45, 7) is 4.48. The molecule has 0 saturated carbocycles. The molecule has 0 bridgehead atoms. The molecule has 0 aliphatic carbocycles. The van der Waals surface area contributed by atoms with Gasteiger partial charge in [-0.25, -0.2) is 23.1 Å². The smallest absolute Gasteiger partial charge is 0.225 e. The summed E-state index contributed by atoms with van der Waals surface area (Å²) < 4.78 is 45.5. The minimum absolute atomic E-state index is 0.0223. The molecule has 2 aromatic rings. The van der Waals surface area contributed by atoms with E-state index in [1.807, 2.05) is 4.90 Å². The van der Waals surface area contributed by atoms with Crippen molar-refractivity contribution in [3.05, 3.63) is 65.8 Å². The minimum Gasteiger partial charge on any atom is -0.375 e. The van der Waals surface area contributed by atoms with Gasteiger partial charge in [0.2, 0.25) is 5.95 Å². The zero-order valence-corrected chi connectivity index (χ0v) is 15.5. The molecule has 144 valence electrons. The molecular formula is C19H20F3N3OS. The zero-order chi connectivity index (χ0) is 19.4. The largest absolute Gasteiger partial charge is 0.375 e. The lowest BCUT2D eigenvalue weighted by atomic mass is 10.2. The average molecular weight is 395 g/mol. The first-order chi connectivity index (χ1) is 13.0. The van der Waals surface area contributed by atoms with Gasteiger partial charge in [-0.3, -0.25) is 0 Å². The van der Waals surface area contributed by atoms with E-state index in [0.717, 1.165) is 18.1 Å². The first-order valence-electron chi connectivity index (χ1n) is 8.55. The van der Waals surface area contributed by atoms with E-state index in [1.165, 1.54) is 0 Å². The fourth-order valence-corrected chi connectivity index (χ4v) is 3.46. The van der Waals surface area contributed by atoms with Gasteiger partial charge >= 0.3 is 0 Å². The normalized spacial score (nSPS) is 19.5. The van der Waals surface area contributed by atoms with E-state index in [9.17, 15) is 13.2 Å². The molecule has 2 unspecified atom stereocenters. The maximum absolute atomic E-state index is 13.7. The van der Waals surface area contributed by atoms with Gasteiger partial charge in [-0.15, -0.1) is 6.58 Å². The summed E-state index contributed by atoms with van der Waals surface area (Å²) in [6, 6.07) is 1.31. The highest BCUT2D eigenvalue weighted by Crippen LogP contribution is 2.26. The molecule has 1 fully saturated rings. The summed E-state index contributed by atoms with van der Waals surface area (Å²) in [7, 11) is 0. The standard InChI is InChI=1S/C19H20F3N3OS/c1-2-3-12-7-23-19(24-8-12)25-9-15(27)5-14(25)11-26-10-13-4-17(21)18(22)6-16(13)20/h2,4,6-8,14-15,27H,1,3,5,9-11H2. The Bertz CT molecular complexity index is 804. The minimum atomic E-state index is -1.21. The number of hydrogen-bond acceptors (Lipinski definition) is 5.